The minimum absolute atomic E-state index is 0.0501. The molecule has 2 N–H and O–H groups in total. The summed E-state index contributed by atoms with van der Waals surface area (Å²) in [4.78, 5) is 32.2. The van der Waals surface area contributed by atoms with Gasteiger partial charge in [0.15, 0.2) is 0 Å². The number of carbonyl (C=O) groups excluding carboxylic acids is 1. The molecule has 1 amide bonds. The highest BCUT2D eigenvalue weighted by Gasteiger charge is 2.38. The molecule has 0 aliphatic rings. The van der Waals surface area contributed by atoms with E-state index in [-0.39, 0.29) is 11.6 Å². The summed E-state index contributed by atoms with van der Waals surface area (Å²) in [6.07, 6.45) is 0.809. The van der Waals surface area contributed by atoms with Crippen LogP contribution in [0.25, 0.3) is 22.4 Å². The second kappa shape index (κ2) is 13.7. The van der Waals surface area contributed by atoms with E-state index in [0.29, 0.717) is 51.3 Å². The van der Waals surface area contributed by atoms with Gasteiger partial charge < -0.3 is 29.5 Å². The third kappa shape index (κ3) is 7.28. The molecular formula is C31H38ClN3O6. The molecule has 0 saturated heterocycles. The fourth-order valence-corrected chi connectivity index (χ4v) is 4.36. The number of aromatic nitrogens is 1. The molecule has 0 saturated carbocycles. The van der Waals surface area contributed by atoms with Crippen LogP contribution in [0, 0.1) is 5.92 Å². The van der Waals surface area contributed by atoms with Gasteiger partial charge in [0.2, 0.25) is 0 Å². The van der Waals surface area contributed by atoms with Crippen LogP contribution in [0.5, 0.6) is 17.2 Å². The molecule has 41 heavy (non-hydrogen) atoms. The highest BCUT2D eigenvalue weighted by molar-refractivity contribution is 6.32. The minimum atomic E-state index is -1.49. The average Bonchev–Trinajstić information content (AvgIpc) is 2.94. The lowest BCUT2D eigenvalue weighted by Gasteiger charge is -2.30. The van der Waals surface area contributed by atoms with E-state index in [4.69, 9.17) is 30.8 Å². The largest absolute Gasteiger partial charge is 0.496 e. The van der Waals surface area contributed by atoms with Gasteiger partial charge in [0.25, 0.3) is 5.91 Å². The number of aliphatic carboxylic acids is 1. The number of carbonyl (C=O) groups is 2. The maximum Gasteiger partial charge on any atom is 0.329 e. The molecule has 0 bridgehead atoms. The summed E-state index contributed by atoms with van der Waals surface area (Å²) in [5, 5.41) is 12.9. The van der Waals surface area contributed by atoms with Crippen molar-refractivity contribution in [1.29, 1.82) is 0 Å². The normalized spacial score (nSPS) is 12.6. The molecule has 0 spiro atoms. The van der Waals surface area contributed by atoms with Crippen LogP contribution in [0.4, 0.5) is 0 Å². The van der Waals surface area contributed by atoms with Crippen LogP contribution in [-0.4, -0.2) is 73.9 Å². The number of methoxy groups -OCH3 is 2. The lowest BCUT2D eigenvalue weighted by atomic mass is 9.88. The topological polar surface area (TPSA) is 110 Å². The molecule has 1 aromatic heterocycles. The number of hydrogen-bond acceptors (Lipinski definition) is 7. The van der Waals surface area contributed by atoms with Crippen LogP contribution >= 0.6 is 11.6 Å². The number of nitrogens with zero attached hydrogens (tertiary/aromatic N) is 2. The van der Waals surface area contributed by atoms with Gasteiger partial charge in [0.1, 0.15) is 28.5 Å². The quantitative estimate of drug-likeness (QED) is 0.249. The Balaban J connectivity index is 2.17. The van der Waals surface area contributed by atoms with Crippen LogP contribution in [0.15, 0.2) is 48.5 Å². The number of halogens is 1. The summed E-state index contributed by atoms with van der Waals surface area (Å²) in [5.41, 5.74) is 0.928. The van der Waals surface area contributed by atoms with Crippen molar-refractivity contribution in [3.05, 3.63) is 59.2 Å². The smallest absolute Gasteiger partial charge is 0.329 e. The van der Waals surface area contributed by atoms with Gasteiger partial charge in [-0.05, 0) is 69.8 Å². The van der Waals surface area contributed by atoms with Crippen LogP contribution in [0.2, 0.25) is 5.02 Å². The van der Waals surface area contributed by atoms with Gasteiger partial charge in [-0.2, -0.15) is 0 Å². The molecule has 220 valence electrons. The maximum atomic E-state index is 13.4. The van der Waals surface area contributed by atoms with E-state index >= 15 is 0 Å². The van der Waals surface area contributed by atoms with Crippen molar-refractivity contribution >= 4 is 23.5 Å². The predicted molar refractivity (Wildman–Crippen MR) is 160 cm³/mol. The first-order valence-electron chi connectivity index (χ1n) is 13.3. The highest BCUT2D eigenvalue weighted by Crippen LogP contribution is 2.43. The second-order valence-electron chi connectivity index (χ2n) is 10.4. The minimum Gasteiger partial charge on any atom is -0.496 e. The van der Waals surface area contributed by atoms with E-state index in [2.05, 4.69) is 10.2 Å². The zero-order chi connectivity index (χ0) is 30.3. The van der Waals surface area contributed by atoms with Crippen molar-refractivity contribution < 1.29 is 28.9 Å². The molecule has 9 nitrogen and oxygen atoms in total. The molecule has 3 rings (SSSR count). The number of carboxylic acids is 1. The van der Waals surface area contributed by atoms with Crippen molar-refractivity contribution in [2.75, 3.05) is 41.5 Å². The maximum absolute atomic E-state index is 13.4. The van der Waals surface area contributed by atoms with Crippen molar-refractivity contribution in [1.82, 2.24) is 15.2 Å². The summed E-state index contributed by atoms with van der Waals surface area (Å²) < 4.78 is 17.3. The predicted octanol–water partition coefficient (Wildman–Crippen LogP) is 5.65. The molecule has 1 unspecified atom stereocenters. The van der Waals surface area contributed by atoms with Crippen LogP contribution in [0.3, 0.4) is 0 Å². The Hall–Kier alpha value is -3.82. The van der Waals surface area contributed by atoms with Crippen LogP contribution in [0.1, 0.15) is 37.7 Å². The average molecular weight is 584 g/mol. The SMILES string of the molecule is COc1cccc(OC)c1-c1ccc(C(=O)NC(C)(C(=O)O)C(C)C)nc1-c1ccc(Cl)c(OCCCN(C)C)c1. The summed E-state index contributed by atoms with van der Waals surface area (Å²) in [6, 6.07) is 14.0. The molecule has 0 aliphatic heterocycles. The van der Waals surface area contributed by atoms with Gasteiger partial charge in [-0.3, -0.25) is 4.79 Å². The van der Waals surface area contributed by atoms with Crippen molar-refractivity contribution in [3.8, 4) is 39.6 Å². The van der Waals surface area contributed by atoms with Gasteiger partial charge >= 0.3 is 5.97 Å². The number of amides is 1. The van der Waals surface area contributed by atoms with Crippen LogP contribution < -0.4 is 19.5 Å². The Morgan fingerprint density at radius 2 is 1.71 bits per heavy atom. The number of hydrogen-bond donors (Lipinski definition) is 2. The van der Waals surface area contributed by atoms with Gasteiger partial charge in [-0.15, -0.1) is 0 Å². The Kier molecular flexibility index (Phi) is 10.6. The summed E-state index contributed by atoms with van der Waals surface area (Å²) in [6.45, 7) is 6.27. The molecule has 3 aromatic rings. The van der Waals surface area contributed by atoms with E-state index in [1.807, 2.05) is 32.3 Å². The van der Waals surface area contributed by atoms with Gasteiger partial charge in [-0.1, -0.05) is 37.6 Å². The summed E-state index contributed by atoms with van der Waals surface area (Å²) >= 11 is 6.48. The Bertz CT molecular complexity index is 1370. The molecule has 0 fully saturated rings. The number of benzene rings is 2. The standard InChI is InChI=1S/C31H38ClN3O6/c1-19(2)31(3,30(37)38)34-29(36)23-15-13-21(27-24(39-6)10-8-11-25(27)40-7)28(33-23)20-12-14-22(32)26(18-20)41-17-9-16-35(4)5/h8,10-15,18-19H,9,16-17H2,1-7H3,(H,34,36)(H,37,38). The molecule has 1 atom stereocenters. The number of ether oxygens (including phenoxy) is 3. The number of nitrogens with one attached hydrogen (secondary N) is 1. The van der Waals surface area contributed by atoms with E-state index in [9.17, 15) is 14.7 Å². The van der Waals surface area contributed by atoms with Gasteiger partial charge in [0.05, 0.1) is 37.1 Å². The number of pyridine rings is 1. The lowest BCUT2D eigenvalue weighted by molar-refractivity contribution is -0.145. The first-order valence-corrected chi connectivity index (χ1v) is 13.7. The number of rotatable bonds is 13. The van der Waals surface area contributed by atoms with Gasteiger partial charge in [0, 0.05) is 17.7 Å². The molecular weight excluding hydrogens is 546 g/mol. The fraction of sp³-hybridized carbons (Fsp3) is 0.387. The van der Waals surface area contributed by atoms with E-state index < -0.39 is 17.4 Å². The number of carboxylic acid groups (broad SMARTS) is 1. The zero-order valence-corrected chi connectivity index (χ0v) is 25.3. The van der Waals surface area contributed by atoms with E-state index in [1.54, 1.807) is 58.4 Å². The second-order valence-corrected chi connectivity index (χ2v) is 10.8. The third-order valence-corrected chi connectivity index (χ3v) is 7.32. The van der Waals surface area contributed by atoms with Crippen LogP contribution in [-0.2, 0) is 4.79 Å². The lowest BCUT2D eigenvalue weighted by Crippen LogP contribution is -2.56. The zero-order valence-electron chi connectivity index (χ0n) is 24.6. The molecule has 0 aliphatic carbocycles. The Labute approximate surface area is 246 Å². The fourth-order valence-electron chi connectivity index (χ4n) is 4.19. The Morgan fingerprint density at radius 3 is 2.27 bits per heavy atom. The molecule has 10 heteroatoms. The highest BCUT2D eigenvalue weighted by atomic mass is 35.5. The molecule has 0 radical (unpaired) electrons. The van der Waals surface area contributed by atoms with E-state index in [0.717, 1.165) is 13.0 Å². The van der Waals surface area contributed by atoms with Gasteiger partial charge in [-0.25, -0.2) is 9.78 Å². The monoisotopic (exact) mass is 583 g/mol. The van der Waals surface area contributed by atoms with Crippen molar-refractivity contribution in [3.63, 3.8) is 0 Å². The summed E-state index contributed by atoms with van der Waals surface area (Å²) in [5.74, 6) is -0.531. The Morgan fingerprint density at radius 1 is 1.05 bits per heavy atom. The third-order valence-electron chi connectivity index (χ3n) is 7.01. The summed E-state index contributed by atoms with van der Waals surface area (Å²) in [7, 11) is 7.12. The first kappa shape index (κ1) is 31.7. The molecule has 1 heterocycles. The van der Waals surface area contributed by atoms with Crippen molar-refractivity contribution in [2.45, 2.75) is 32.7 Å². The van der Waals surface area contributed by atoms with Crippen molar-refractivity contribution in [2.24, 2.45) is 5.92 Å². The first-order chi connectivity index (χ1) is 19.4. The molecule has 2 aromatic carbocycles. The van der Waals surface area contributed by atoms with E-state index in [1.165, 1.54) is 6.92 Å².